The molecule has 0 aliphatic rings. The topological polar surface area (TPSA) is 118 Å². The van der Waals surface area contributed by atoms with E-state index in [-0.39, 0.29) is 0 Å². The second-order valence-electron chi connectivity index (χ2n) is 1.70. The number of nitrogens with two attached hydrogens (primary N) is 2. The van der Waals surface area contributed by atoms with Crippen LogP contribution in [0.1, 0.15) is 21.0 Å². The first-order chi connectivity index (χ1) is 7.77. The standard InChI is InChI=1S/C6H13N3O3/c7-4(5(10)11)2-1-3-9-6(8)12/h4H,1-3,7H2,(H,10,11)(H3,8,9,12)/t4-/m0/s1/i1D2,2D2,3D2. The smallest absolute Gasteiger partial charge is 0.320 e. The van der Waals surface area contributed by atoms with Crippen LogP contribution in [0.5, 0.6) is 0 Å². The molecular weight excluding hydrogens is 162 g/mol. The Hall–Kier alpha value is -1.30. The Kier molecular flexibility index (Phi) is 1.83. The molecule has 0 aliphatic heterocycles. The molecule has 0 aromatic carbocycles. The normalized spacial score (nSPS) is 23.1. The minimum Gasteiger partial charge on any atom is -0.480 e. The summed E-state index contributed by atoms with van der Waals surface area (Å²) in [4.78, 5) is 21.1. The molecular formula is C6H13N3O3. The molecule has 0 aliphatic carbocycles. The Labute approximate surface area is 78.3 Å². The Morgan fingerprint density at radius 3 is 2.67 bits per heavy atom. The molecule has 6 nitrogen and oxygen atoms in total. The molecule has 0 aromatic rings. The average molecular weight is 181 g/mol. The number of carboxylic acid groups (broad SMARTS) is 1. The monoisotopic (exact) mass is 181 g/mol. The Morgan fingerprint density at radius 2 is 2.25 bits per heavy atom. The molecule has 0 rings (SSSR count). The number of carbonyl (C=O) groups is 2. The van der Waals surface area contributed by atoms with Crippen LogP contribution in [0.2, 0.25) is 0 Å². The summed E-state index contributed by atoms with van der Waals surface area (Å²) in [7, 11) is 0. The van der Waals surface area contributed by atoms with Crippen molar-refractivity contribution in [1.29, 1.82) is 0 Å². The summed E-state index contributed by atoms with van der Waals surface area (Å²) in [5.41, 5.74) is 9.61. The number of nitrogens with one attached hydrogen (secondary N) is 1. The van der Waals surface area contributed by atoms with E-state index in [1.165, 1.54) is 5.32 Å². The van der Waals surface area contributed by atoms with Crippen molar-refractivity contribution in [2.45, 2.75) is 18.8 Å². The lowest BCUT2D eigenvalue weighted by Crippen LogP contribution is -2.33. The fraction of sp³-hybridized carbons (Fsp3) is 0.667. The van der Waals surface area contributed by atoms with E-state index in [1.807, 2.05) is 0 Å². The number of aliphatic carboxylic acids is 1. The van der Waals surface area contributed by atoms with Crippen molar-refractivity contribution in [2.75, 3.05) is 6.50 Å². The van der Waals surface area contributed by atoms with Crippen LogP contribution in [0, 0.1) is 0 Å². The van der Waals surface area contributed by atoms with Gasteiger partial charge in [-0.1, -0.05) is 0 Å². The lowest BCUT2D eigenvalue weighted by Gasteiger charge is -2.05. The van der Waals surface area contributed by atoms with E-state index in [1.54, 1.807) is 0 Å². The summed E-state index contributed by atoms with van der Waals surface area (Å²) in [5, 5.41) is 9.93. The zero-order chi connectivity index (χ0) is 14.9. The first-order valence-corrected chi connectivity index (χ1v) is 2.83. The van der Waals surface area contributed by atoms with Crippen molar-refractivity contribution in [3.8, 4) is 0 Å². The summed E-state index contributed by atoms with van der Waals surface area (Å²) in [5.74, 6) is -1.85. The van der Waals surface area contributed by atoms with Crippen LogP contribution in [-0.2, 0) is 4.79 Å². The SMILES string of the molecule is [2H]C([2H])(NC(N)=O)C([2H])([2H])C([2H])([2H])[C@H](N)C(=O)O. The molecule has 0 saturated heterocycles. The maximum Gasteiger partial charge on any atom is 0.320 e. The van der Waals surface area contributed by atoms with Crippen molar-refractivity contribution in [2.24, 2.45) is 11.5 Å². The zero-order valence-corrected chi connectivity index (χ0v) is 6.00. The van der Waals surface area contributed by atoms with Gasteiger partial charge in [0.25, 0.3) is 0 Å². The number of hydrogen-bond donors (Lipinski definition) is 4. The summed E-state index contributed by atoms with van der Waals surface area (Å²) in [6.45, 7) is -3.24. The summed E-state index contributed by atoms with van der Waals surface area (Å²) >= 11 is 0. The van der Waals surface area contributed by atoms with E-state index < -0.39 is 37.3 Å². The van der Waals surface area contributed by atoms with Gasteiger partial charge in [-0.25, -0.2) is 4.79 Å². The molecule has 0 aromatic heterocycles. The minimum absolute atomic E-state index is 1.37. The lowest BCUT2D eigenvalue weighted by molar-refractivity contribution is -0.138. The number of urea groups is 1. The highest BCUT2D eigenvalue weighted by Gasteiger charge is 2.09. The van der Waals surface area contributed by atoms with Gasteiger partial charge in [0.05, 0.1) is 0 Å². The number of carbonyl (C=O) groups excluding carboxylic acids is 1. The highest BCUT2D eigenvalue weighted by molar-refractivity contribution is 5.73. The Balaban J connectivity index is 5.47. The third-order valence-corrected chi connectivity index (χ3v) is 0.742. The highest BCUT2D eigenvalue weighted by Crippen LogP contribution is 1.92. The van der Waals surface area contributed by atoms with E-state index in [4.69, 9.17) is 19.1 Å². The molecule has 0 unspecified atom stereocenters. The van der Waals surface area contributed by atoms with Crippen molar-refractivity contribution >= 4 is 12.0 Å². The number of amides is 2. The molecule has 12 heavy (non-hydrogen) atoms. The van der Waals surface area contributed by atoms with Gasteiger partial charge in [0.1, 0.15) is 6.04 Å². The zero-order valence-electron chi connectivity index (χ0n) is 12.0. The molecule has 0 fully saturated rings. The van der Waals surface area contributed by atoms with Crippen LogP contribution in [0.4, 0.5) is 4.79 Å². The van der Waals surface area contributed by atoms with E-state index in [0.717, 1.165) is 0 Å². The van der Waals surface area contributed by atoms with E-state index in [9.17, 15) is 9.59 Å². The van der Waals surface area contributed by atoms with Gasteiger partial charge in [-0.2, -0.15) is 0 Å². The third kappa shape index (κ3) is 5.48. The summed E-state index contributed by atoms with van der Waals surface area (Å²) in [6.07, 6.45) is -6.71. The molecule has 0 bridgehead atoms. The van der Waals surface area contributed by atoms with Crippen LogP contribution >= 0.6 is 0 Å². The van der Waals surface area contributed by atoms with Crippen molar-refractivity contribution in [1.82, 2.24) is 5.32 Å². The van der Waals surface area contributed by atoms with Gasteiger partial charge in [0.15, 0.2) is 0 Å². The van der Waals surface area contributed by atoms with Gasteiger partial charge in [0.2, 0.25) is 0 Å². The highest BCUT2D eigenvalue weighted by atomic mass is 16.4. The van der Waals surface area contributed by atoms with Gasteiger partial charge < -0.3 is 21.9 Å². The predicted octanol–water partition coefficient (Wildman–Crippen LogP) is -1.15. The third-order valence-electron chi connectivity index (χ3n) is 0.742. The van der Waals surface area contributed by atoms with Crippen LogP contribution < -0.4 is 16.8 Å². The van der Waals surface area contributed by atoms with Crippen LogP contribution in [0.15, 0.2) is 0 Å². The maximum absolute atomic E-state index is 10.6. The van der Waals surface area contributed by atoms with Gasteiger partial charge in [0, 0.05) is 14.7 Å². The van der Waals surface area contributed by atoms with Crippen molar-refractivity contribution in [3.63, 3.8) is 0 Å². The Morgan fingerprint density at radius 1 is 1.67 bits per heavy atom. The fourth-order valence-corrected chi connectivity index (χ4v) is 0.268. The van der Waals surface area contributed by atoms with Crippen LogP contribution in [0.25, 0.3) is 0 Å². The molecule has 6 heteroatoms. The predicted molar refractivity (Wildman–Crippen MR) is 42.4 cm³/mol. The number of primary amides is 1. The number of rotatable bonds is 5. The molecule has 1 atom stereocenters. The van der Waals surface area contributed by atoms with Gasteiger partial charge in [-0.3, -0.25) is 4.79 Å². The second-order valence-corrected chi connectivity index (χ2v) is 1.70. The number of carboxylic acids is 1. The van der Waals surface area contributed by atoms with Crippen molar-refractivity contribution in [3.05, 3.63) is 0 Å². The van der Waals surface area contributed by atoms with Crippen LogP contribution in [-0.4, -0.2) is 29.6 Å². The molecule has 0 saturated carbocycles. The number of hydrogen-bond acceptors (Lipinski definition) is 3. The summed E-state index contributed by atoms with van der Waals surface area (Å²) < 4.78 is 43.8. The Bertz CT molecular complexity index is 360. The van der Waals surface area contributed by atoms with Gasteiger partial charge in [-0.05, 0) is 12.7 Å². The van der Waals surface area contributed by atoms with Gasteiger partial charge >= 0.3 is 12.0 Å². The molecule has 6 N–H and O–H groups in total. The van der Waals surface area contributed by atoms with Crippen LogP contribution in [0.3, 0.4) is 0 Å². The quantitative estimate of drug-likeness (QED) is 0.428. The maximum atomic E-state index is 10.6. The molecule has 0 heterocycles. The van der Waals surface area contributed by atoms with Crippen molar-refractivity contribution < 1.29 is 22.9 Å². The first-order valence-electron chi connectivity index (χ1n) is 5.83. The minimum atomic E-state index is -3.42. The van der Waals surface area contributed by atoms with E-state index in [0.29, 0.717) is 0 Å². The summed E-state index contributed by atoms with van der Waals surface area (Å²) in [6, 6.07) is -3.75. The molecule has 0 radical (unpaired) electrons. The first kappa shape index (κ1) is 4.08. The molecule has 2 amide bonds. The van der Waals surface area contributed by atoms with E-state index >= 15 is 0 Å². The average Bonchev–Trinajstić information content (AvgIpc) is 2.13. The molecule has 0 spiro atoms. The van der Waals surface area contributed by atoms with E-state index in [2.05, 4.69) is 5.73 Å². The van der Waals surface area contributed by atoms with Gasteiger partial charge in [-0.15, -0.1) is 0 Å². The largest absolute Gasteiger partial charge is 0.480 e. The fourth-order valence-electron chi connectivity index (χ4n) is 0.268. The lowest BCUT2D eigenvalue weighted by atomic mass is 10.2. The molecule has 70 valence electrons. The second kappa shape index (κ2) is 5.36.